The molecule has 1 rings (SSSR count). The second kappa shape index (κ2) is 5.66. The van der Waals surface area contributed by atoms with E-state index >= 15 is 0 Å². The van der Waals surface area contributed by atoms with Crippen LogP contribution in [0.3, 0.4) is 0 Å². The Morgan fingerprint density at radius 1 is 1.57 bits per heavy atom. The molecule has 0 bridgehead atoms. The first-order valence-electron chi connectivity index (χ1n) is 5.31. The minimum absolute atomic E-state index is 0.284. The average molecular weight is 202 g/mol. The van der Waals surface area contributed by atoms with E-state index in [4.69, 9.17) is 4.74 Å². The maximum atomic E-state index is 9.66. The van der Waals surface area contributed by atoms with Gasteiger partial charge in [0.05, 0.1) is 18.8 Å². The van der Waals surface area contributed by atoms with E-state index in [1.54, 1.807) is 0 Å². The highest BCUT2D eigenvalue weighted by Crippen LogP contribution is 2.11. The minimum Gasteiger partial charge on any atom is -0.390 e. The number of β-amino-alcohol motifs (C(OH)–C–C–N with tert-alkyl or cyclic N) is 1. The van der Waals surface area contributed by atoms with Crippen LogP contribution in [-0.4, -0.2) is 61.5 Å². The summed E-state index contributed by atoms with van der Waals surface area (Å²) >= 11 is 0. The van der Waals surface area contributed by atoms with Gasteiger partial charge in [0.1, 0.15) is 0 Å². The maximum Gasteiger partial charge on any atom is 0.0791 e. The number of nitrogens with zero attached hydrogens (tertiary/aromatic N) is 1. The van der Waals surface area contributed by atoms with Gasteiger partial charge in [0.15, 0.2) is 0 Å². The number of aliphatic hydroxyl groups excluding tert-OH is 1. The number of nitrogens with one attached hydrogen (secondary N) is 1. The van der Waals surface area contributed by atoms with Crippen molar-refractivity contribution in [1.29, 1.82) is 0 Å². The Morgan fingerprint density at radius 2 is 2.29 bits per heavy atom. The fraction of sp³-hybridized carbons (Fsp3) is 1.00. The summed E-state index contributed by atoms with van der Waals surface area (Å²) in [6.07, 6.45) is 0.000681. The van der Waals surface area contributed by atoms with Crippen LogP contribution in [0, 0.1) is 0 Å². The summed E-state index contributed by atoms with van der Waals surface area (Å²) in [6.45, 7) is 7.28. The first-order valence-corrected chi connectivity index (χ1v) is 5.31. The van der Waals surface area contributed by atoms with Crippen LogP contribution >= 0.6 is 0 Å². The molecule has 0 aromatic heterocycles. The van der Waals surface area contributed by atoms with Crippen LogP contribution in [0.25, 0.3) is 0 Å². The lowest BCUT2D eigenvalue weighted by molar-refractivity contribution is -0.0611. The van der Waals surface area contributed by atoms with Crippen molar-refractivity contribution in [3.8, 4) is 0 Å². The molecule has 0 radical (unpaired) electrons. The summed E-state index contributed by atoms with van der Waals surface area (Å²) in [4.78, 5) is 2.29. The number of morpholine rings is 1. The van der Waals surface area contributed by atoms with Crippen molar-refractivity contribution in [3.63, 3.8) is 0 Å². The van der Waals surface area contributed by atoms with Gasteiger partial charge in [-0.1, -0.05) is 0 Å². The zero-order valence-electron chi connectivity index (χ0n) is 9.36. The molecule has 1 aliphatic rings. The van der Waals surface area contributed by atoms with Crippen LogP contribution in [0.4, 0.5) is 0 Å². The molecule has 0 aromatic rings. The Bertz CT molecular complexity index is 166. The Kier molecular flexibility index (Phi) is 4.81. The van der Waals surface area contributed by atoms with Crippen molar-refractivity contribution in [1.82, 2.24) is 10.2 Å². The average Bonchev–Trinajstić information content (AvgIpc) is 2.12. The standard InChI is InChI=1S/C10H22N2O2/c1-8-7-14-9(2)5-12(8)6-10(13)4-11-3/h8-11,13H,4-7H2,1-3H3. The summed E-state index contributed by atoms with van der Waals surface area (Å²) < 4.78 is 5.52. The fourth-order valence-corrected chi connectivity index (χ4v) is 1.80. The van der Waals surface area contributed by atoms with Crippen LogP contribution in [-0.2, 0) is 4.74 Å². The smallest absolute Gasteiger partial charge is 0.0791 e. The van der Waals surface area contributed by atoms with Gasteiger partial charge in [-0.25, -0.2) is 0 Å². The van der Waals surface area contributed by atoms with Crippen LogP contribution in [0.1, 0.15) is 13.8 Å². The Hall–Kier alpha value is -0.160. The number of likely N-dealkylation sites (N-methyl/N-ethyl adjacent to an activating group) is 1. The lowest BCUT2D eigenvalue weighted by atomic mass is 10.2. The van der Waals surface area contributed by atoms with Crippen LogP contribution < -0.4 is 5.32 Å². The molecule has 0 aliphatic carbocycles. The molecule has 1 heterocycles. The number of hydrogen-bond acceptors (Lipinski definition) is 4. The zero-order valence-corrected chi connectivity index (χ0v) is 9.36. The van der Waals surface area contributed by atoms with Gasteiger partial charge in [-0.15, -0.1) is 0 Å². The molecule has 1 saturated heterocycles. The van der Waals surface area contributed by atoms with Crippen molar-refractivity contribution in [2.45, 2.75) is 32.1 Å². The highest BCUT2D eigenvalue weighted by Gasteiger charge is 2.24. The van der Waals surface area contributed by atoms with Gasteiger partial charge < -0.3 is 15.2 Å². The van der Waals surface area contributed by atoms with Crippen molar-refractivity contribution in [3.05, 3.63) is 0 Å². The van der Waals surface area contributed by atoms with Crippen LogP contribution in [0.5, 0.6) is 0 Å². The fourth-order valence-electron chi connectivity index (χ4n) is 1.80. The number of ether oxygens (including phenoxy) is 1. The molecule has 0 saturated carbocycles. The normalized spacial score (nSPS) is 31.7. The number of hydrogen-bond donors (Lipinski definition) is 2. The molecule has 2 N–H and O–H groups in total. The van der Waals surface area contributed by atoms with E-state index in [9.17, 15) is 5.11 Å². The Labute approximate surface area is 86.2 Å². The number of aliphatic hydroxyl groups is 1. The van der Waals surface area contributed by atoms with Gasteiger partial charge in [0, 0.05) is 25.7 Å². The third-order valence-corrected chi connectivity index (χ3v) is 2.62. The largest absolute Gasteiger partial charge is 0.390 e. The van der Waals surface area contributed by atoms with Crippen LogP contribution in [0.15, 0.2) is 0 Å². The van der Waals surface area contributed by atoms with E-state index in [1.807, 2.05) is 7.05 Å². The summed E-state index contributed by atoms with van der Waals surface area (Å²) in [5.41, 5.74) is 0. The lowest BCUT2D eigenvalue weighted by Gasteiger charge is -2.37. The van der Waals surface area contributed by atoms with Crippen molar-refractivity contribution in [2.24, 2.45) is 0 Å². The molecule has 0 spiro atoms. The quantitative estimate of drug-likeness (QED) is 0.655. The summed E-state index contributed by atoms with van der Waals surface area (Å²) in [7, 11) is 1.86. The van der Waals surface area contributed by atoms with E-state index in [0.29, 0.717) is 12.6 Å². The SMILES string of the molecule is CNCC(O)CN1CC(C)OCC1C. The molecule has 4 nitrogen and oxygen atoms in total. The first kappa shape index (κ1) is 11.9. The maximum absolute atomic E-state index is 9.66. The Morgan fingerprint density at radius 3 is 2.93 bits per heavy atom. The van der Waals surface area contributed by atoms with Crippen molar-refractivity contribution >= 4 is 0 Å². The second-order valence-corrected chi connectivity index (χ2v) is 4.16. The lowest BCUT2D eigenvalue weighted by Crippen LogP contribution is -2.51. The predicted octanol–water partition coefficient (Wildman–Crippen LogP) is -0.324. The van der Waals surface area contributed by atoms with E-state index in [0.717, 1.165) is 19.7 Å². The zero-order chi connectivity index (χ0) is 10.6. The molecule has 14 heavy (non-hydrogen) atoms. The van der Waals surface area contributed by atoms with Gasteiger partial charge >= 0.3 is 0 Å². The molecule has 3 atom stereocenters. The summed E-state index contributed by atoms with van der Waals surface area (Å²) in [6, 6.07) is 0.415. The van der Waals surface area contributed by atoms with E-state index in [-0.39, 0.29) is 12.2 Å². The highest BCUT2D eigenvalue weighted by atomic mass is 16.5. The third kappa shape index (κ3) is 3.53. The van der Waals surface area contributed by atoms with Gasteiger partial charge in [-0.2, -0.15) is 0 Å². The highest BCUT2D eigenvalue weighted by molar-refractivity contribution is 4.77. The molecule has 1 aliphatic heterocycles. The summed E-state index contributed by atoms with van der Waals surface area (Å²) in [5.74, 6) is 0. The molecule has 1 fully saturated rings. The molecular formula is C10H22N2O2. The Balaban J connectivity index is 2.33. The molecule has 3 unspecified atom stereocenters. The molecule has 4 heteroatoms. The van der Waals surface area contributed by atoms with E-state index < -0.39 is 0 Å². The van der Waals surface area contributed by atoms with Crippen molar-refractivity contribution < 1.29 is 9.84 Å². The topological polar surface area (TPSA) is 44.7 Å². The molecule has 84 valence electrons. The summed E-state index contributed by atoms with van der Waals surface area (Å²) in [5, 5.41) is 12.6. The number of rotatable bonds is 4. The molecule has 0 aromatic carbocycles. The third-order valence-electron chi connectivity index (χ3n) is 2.62. The second-order valence-electron chi connectivity index (χ2n) is 4.16. The predicted molar refractivity (Wildman–Crippen MR) is 56.4 cm³/mol. The minimum atomic E-state index is -0.284. The van der Waals surface area contributed by atoms with Gasteiger partial charge in [-0.3, -0.25) is 4.90 Å². The van der Waals surface area contributed by atoms with Gasteiger partial charge in [0.25, 0.3) is 0 Å². The molecular weight excluding hydrogens is 180 g/mol. The van der Waals surface area contributed by atoms with Crippen LogP contribution in [0.2, 0.25) is 0 Å². The van der Waals surface area contributed by atoms with Crippen molar-refractivity contribution in [2.75, 3.05) is 33.3 Å². The first-order chi connectivity index (χ1) is 6.63. The van der Waals surface area contributed by atoms with E-state index in [1.165, 1.54) is 0 Å². The van der Waals surface area contributed by atoms with E-state index in [2.05, 4.69) is 24.1 Å². The van der Waals surface area contributed by atoms with Gasteiger partial charge in [-0.05, 0) is 20.9 Å². The molecule has 0 amide bonds. The monoisotopic (exact) mass is 202 g/mol. The van der Waals surface area contributed by atoms with Gasteiger partial charge in [0.2, 0.25) is 0 Å².